The van der Waals surface area contributed by atoms with Crippen molar-refractivity contribution >= 4 is 15.9 Å². The molecule has 216 valence electrons. The number of nitrogens with one attached hydrogen (secondary N) is 1. The van der Waals surface area contributed by atoms with Gasteiger partial charge in [0.05, 0.1) is 17.1 Å². The van der Waals surface area contributed by atoms with Crippen LogP contribution in [0.15, 0.2) is 59.5 Å². The first-order chi connectivity index (χ1) is 18.4. The molecule has 1 atom stereocenters. The number of nitrogens with zero attached hydrogens (tertiary/aromatic N) is 2. The van der Waals surface area contributed by atoms with Gasteiger partial charge in [0, 0.05) is 26.2 Å². The average molecular weight is 570 g/mol. The van der Waals surface area contributed by atoms with Crippen LogP contribution in [0.4, 0.5) is 13.2 Å². The summed E-state index contributed by atoms with van der Waals surface area (Å²) in [5, 5.41) is 2.90. The van der Waals surface area contributed by atoms with Gasteiger partial charge in [-0.3, -0.25) is 4.79 Å². The molecule has 0 heterocycles. The van der Waals surface area contributed by atoms with E-state index in [2.05, 4.69) is 48.6 Å². The van der Waals surface area contributed by atoms with E-state index >= 15 is 0 Å². The van der Waals surface area contributed by atoms with Gasteiger partial charge in [-0.05, 0) is 75.4 Å². The van der Waals surface area contributed by atoms with Crippen LogP contribution >= 0.6 is 0 Å². The van der Waals surface area contributed by atoms with Crippen LogP contribution in [0, 0.1) is 11.8 Å². The Bertz CT molecular complexity index is 1170. The van der Waals surface area contributed by atoms with Crippen molar-refractivity contribution in [3.05, 3.63) is 65.7 Å². The first-order valence-corrected chi connectivity index (χ1v) is 14.5. The maximum Gasteiger partial charge on any atom is 0.416 e. The SMILES string of the molecule is CN(C)C(c1ccccc1)C1CCC(CNC(=O)COCCN(C)S(=O)(=O)c2cccc(C(F)(F)F)c2)CC1. The first kappa shape index (κ1) is 31.1. The summed E-state index contributed by atoms with van der Waals surface area (Å²) >= 11 is 0. The van der Waals surface area contributed by atoms with Crippen molar-refractivity contribution in [2.24, 2.45) is 11.8 Å². The molecule has 3 rings (SSSR count). The van der Waals surface area contributed by atoms with E-state index in [9.17, 15) is 26.4 Å². The van der Waals surface area contributed by atoms with E-state index in [1.165, 1.54) is 12.6 Å². The molecule has 0 bridgehead atoms. The highest BCUT2D eigenvalue weighted by atomic mass is 32.2. The summed E-state index contributed by atoms with van der Waals surface area (Å²) in [4.78, 5) is 14.1. The zero-order chi connectivity index (χ0) is 28.6. The highest BCUT2D eigenvalue weighted by Crippen LogP contribution is 2.39. The summed E-state index contributed by atoms with van der Waals surface area (Å²) in [5.74, 6) is 0.672. The number of sulfonamides is 1. The van der Waals surface area contributed by atoms with E-state index in [4.69, 9.17) is 4.74 Å². The topological polar surface area (TPSA) is 79.0 Å². The third-order valence-corrected chi connectivity index (χ3v) is 9.13. The van der Waals surface area contributed by atoms with Crippen molar-refractivity contribution in [1.82, 2.24) is 14.5 Å². The van der Waals surface area contributed by atoms with Gasteiger partial charge < -0.3 is 15.0 Å². The van der Waals surface area contributed by atoms with Crippen LogP contribution in [-0.2, 0) is 25.7 Å². The molecule has 7 nitrogen and oxygen atoms in total. The van der Waals surface area contributed by atoms with Crippen LogP contribution in [0.3, 0.4) is 0 Å². The van der Waals surface area contributed by atoms with Crippen LogP contribution in [0.5, 0.6) is 0 Å². The summed E-state index contributed by atoms with van der Waals surface area (Å²) in [6.07, 6.45) is -0.415. The lowest BCUT2D eigenvalue weighted by Crippen LogP contribution is -2.36. The maximum absolute atomic E-state index is 12.9. The molecule has 1 aliphatic carbocycles. The molecule has 1 aliphatic rings. The molecule has 39 heavy (non-hydrogen) atoms. The van der Waals surface area contributed by atoms with Gasteiger partial charge in [0.1, 0.15) is 6.61 Å². The Morgan fingerprint density at radius 2 is 1.69 bits per heavy atom. The third kappa shape index (κ3) is 8.76. The number of hydrogen-bond acceptors (Lipinski definition) is 5. The molecule has 1 fully saturated rings. The Hall–Kier alpha value is -2.47. The number of carbonyl (C=O) groups excluding carboxylic acids is 1. The molecule has 1 saturated carbocycles. The number of likely N-dealkylation sites (N-methyl/N-ethyl adjacent to an activating group) is 1. The molecule has 0 aliphatic heterocycles. The van der Waals surface area contributed by atoms with Gasteiger partial charge in [-0.2, -0.15) is 17.5 Å². The fourth-order valence-electron chi connectivity index (χ4n) is 5.15. The number of carbonyl (C=O) groups is 1. The molecule has 0 spiro atoms. The summed E-state index contributed by atoms with van der Waals surface area (Å²) in [6, 6.07) is 14.5. The number of hydrogen-bond donors (Lipinski definition) is 1. The van der Waals surface area contributed by atoms with Crippen molar-refractivity contribution in [3.8, 4) is 0 Å². The van der Waals surface area contributed by atoms with Crippen LogP contribution in [0.1, 0.15) is 42.9 Å². The lowest BCUT2D eigenvalue weighted by molar-refractivity contribution is -0.137. The van der Waals surface area contributed by atoms with Crippen molar-refractivity contribution in [2.45, 2.75) is 42.8 Å². The van der Waals surface area contributed by atoms with Crippen molar-refractivity contribution < 1.29 is 31.1 Å². The van der Waals surface area contributed by atoms with Crippen LogP contribution < -0.4 is 5.32 Å². The summed E-state index contributed by atoms with van der Waals surface area (Å²) in [5.41, 5.74) is 0.289. The van der Waals surface area contributed by atoms with Crippen molar-refractivity contribution in [1.29, 1.82) is 0 Å². The number of halogens is 3. The monoisotopic (exact) mass is 569 g/mol. The second kappa shape index (κ2) is 13.7. The van der Waals surface area contributed by atoms with E-state index < -0.39 is 26.7 Å². The molecule has 2 aromatic carbocycles. The van der Waals surface area contributed by atoms with E-state index in [1.54, 1.807) is 0 Å². The van der Waals surface area contributed by atoms with Gasteiger partial charge >= 0.3 is 6.18 Å². The number of rotatable bonds is 12. The highest BCUT2D eigenvalue weighted by molar-refractivity contribution is 7.89. The van der Waals surface area contributed by atoms with E-state index in [0.29, 0.717) is 30.5 Å². The second-order valence-electron chi connectivity index (χ2n) is 10.3. The van der Waals surface area contributed by atoms with E-state index in [1.807, 2.05) is 6.07 Å². The largest absolute Gasteiger partial charge is 0.416 e. The summed E-state index contributed by atoms with van der Waals surface area (Å²) < 4.78 is 70.3. The van der Waals surface area contributed by atoms with Gasteiger partial charge in [0.25, 0.3) is 0 Å². The molecule has 0 saturated heterocycles. The molecular formula is C28H38F3N3O4S. The zero-order valence-corrected chi connectivity index (χ0v) is 23.5. The lowest BCUT2D eigenvalue weighted by atomic mass is 9.76. The number of ether oxygens (including phenoxy) is 1. The summed E-state index contributed by atoms with van der Waals surface area (Å²) in [6.45, 7) is 0.170. The maximum atomic E-state index is 12.9. The smallest absolute Gasteiger partial charge is 0.370 e. The Balaban J connectivity index is 1.37. The lowest BCUT2D eigenvalue weighted by Gasteiger charge is -2.37. The molecular weight excluding hydrogens is 531 g/mol. The van der Waals surface area contributed by atoms with Crippen LogP contribution in [0.25, 0.3) is 0 Å². The molecule has 2 aromatic rings. The Kier molecular flexibility index (Phi) is 10.9. The van der Waals surface area contributed by atoms with Crippen LogP contribution in [0.2, 0.25) is 0 Å². The number of benzene rings is 2. The molecule has 11 heteroatoms. The third-order valence-electron chi connectivity index (χ3n) is 7.28. The molecule has 1 amide bonds. The Labute approximate surface area is 229 Å². The Morgan fingerprint density at radius 1 is 1.03 bits per heavy atom. The predicted molar refractivity (Wildman–Crippen MR) is 143 cm³/mol. The van der Waals surface area contributed by atoms with Gasteiger partial charge in [0.2, 0.25) is 15.9 Å². The minimum absolute atomic E-state index is 0.0708. The highest BCUT2D eigenvalue weighted by Gasteiger charge is 2.33. The standard InChI is InChI=1S/C28H38F3N3O4S/c1-33(2)27(22-8-5-4-6-9-22)23-14-12-21(13-15-23)19-32-26(35)20-38-17-16-34(3)39(36,37)25-11-7-10-24(18-25)28(29,30)31/h4-11,18,21,23,27H,12-17,19-20H2,1-3H3,(H,32,35). The number of amides is 1. The van der Waals surface area contributed by atoms with Gasteiger partial charge in [-0.15, -0.1) is 0 Å². The average Bonchev–Trinajstić information content (AvgIpc) is 2.90. The van der Waals surface area contributed by atoms with Gasteiger partial charge in [-0.25, -0.2) is 8.42 Å². The Morgan fingerprint density at radius 3 is 2.31 bits per heavy atom. The first-order valence-electron chi connectivity index (χ1n) is 13.1. The molecule has 1 N–H and O–H groups in total. The second-order valence-corrected chi connectivity index (χ2v) is 12.4. The quantitative estimate of drug-likeness (QED) is 0.379. The van der Waals surface area contributed by atoms with Gasteiger partial charge in [0.15, 0.2) is 0 Å². The minimum atomic E-state index is -4.64. The molecule has 0 aromatic heterocycles. The predicted octanol–water partition coefficient (Wildman–Crippen LogP) is 4.57. The fourth-order valence-corrected chi connectivity index (χ4v) is 6.35. The van der Waals surface area contributed by atoms with E-state index in [0.717, 1.165) is 48.2 Å². The fraction of sp³-hybridized carbons (Fsp3) is 0.536. The minimum Gasteiger partial charge on any atom is -0.370 e. The zero-order valence-electron chi connectivity index (χ0n) is 22.7. The summed E-state index contributed by atoms with van der Waals surface area (Å²) in [7, 11) is 1.35. The van der Waals surface area contributed by atoms with Crippen LogP contribution in [-0.4, -0.2) is 71.0 Å². The van der Waals surface area contributed by atoms with Gasteiger partial charge in [-0.1, -0.05) is 36.4 Å². The molecule has 0 radical (unpaired) electrons. The van der Waals surface area contributed by atoms with Crippen molar-refractivity contribution in [3.63, 3.8) is 0 Å². The normalized spacial score (nSPS) is 19.3. The number of alkyl halides is 3. The van der Waals surface area contributed by atoms with E-state index in [-0.39, 0.29) is 25.7 Å². The van der Waals surface area contributed by atoms with Crippen molar-refractivity contribution in [2.75, 3.05) is 47.4 Å². The molecule has 1 unspecified atom stereocenters.